The Labute approximate surface area is 564 Å². The third-order valence-electron chi connectivity index (χ3n) is 15.8. The van der Waals surface area contributed by atoms with Crippen LogP contribution in [-0.2, 0) is 13.1 Å². The van der Waals surface area contributed by atoms with E-state index in [1.165, 1.54) is 18.2 Å². The van der Waals surface area contributed by atoms with Crippen LogP contribution in [0.25, 0.3) is 55.8 Å². The summed E-state index contributed by atoms with van der Waals surface area (Å²) in [5, 5.41) is 4.07. The number of anilines is 3. The molecular formula is C67H69Cl2F6N20O2+. The molecule has 30 heteroatoms. The number of aromatic nitrogens is 12. The summed E-state index contributed by atoms with van der Waals surface area (Å²) in [6, 6.07) is 15.6. The van der Waals surface area contributed by atoms with Gasteiger partial charge in [-0.2, -0.15) is 0 Å². The molecule has 0 saturated heterocycles. The van der Waals surface area contributed by atoms with Gasteiger partial charge in [-0.1, -0.05) is 11.6 Å². The summed E-state index contributed by atoms with van der Waals surface area (Å²) in [4.78, 5) is 76.9. The van der Waals surface area contributed by atoms with E-state index in [0.717, 1.165) is 43.9 Å². The average molecular weight is 1370 g/mol. The summed E-state index contributed by atoms with van der Waals surface area (Å²) in [6.07, 6.45) is 2.97. The second-order valence-electron chi connectivity index (χ2n) is 24.4. The second-order valence-corrected chi connectivity index (χ2v) is 25.1. The summed E-state index contributed by atoms with van der Waals surface area (Å²) in [7, 11) is 7.89. The van der Waals surface area contributed by atoms with Crippen LogP contribution < -0.4 is 26.3 Å². The molecule has 97 heavy (non-hydrogen) atoms. The van der Waals surface area contributed by atoms with E-state index in [2.05, 4.69) is 71.6 Å². The number of amides is 2. The first kappa shape index (κ1) is 69.9. The zero-order valence-electron chi connectivity index (χ0n) is 55.2. The highest BCUT2D eigenvalue weighted by molar-refractivity contribution is 6.29. The fourth-order valence-corrected chi connectivity index (χ4v) is 11.7. The topological polar surface area (TPSA) is 239 Å². The highest BCUT2D eigenvalue weighted by atomic mass is 35.5. The molecule has 22 nitrogen and oxygen atoms in total. The van der Waals surface area contributed by atoms with Crippen LogP contribution in [-0.4, -0.2) is 151 Å². The van der Waals surface area contributed by atoms with Gasteiger partial charge in [-0.15, -0.1) is 0 Å². The summed E-state index contributed by atoms with van der Waals surface area (Å²) in [5.41, 5.74) is 10.6. The minimum Gasteiger partial charge on any atom is -0.368 e. The number of hydrogen-bond donors (Lipinski definition) is 2. The molecule has 0 radical (unpaired) electrons. The number of benzene rings is 3. The lowest BCUT2D eigenvalue weighted by Gasteiger charge is -2.18. The van der Waals surface area contributed by atoms with Gasteiger partial charge in [0.2, 0.25) is 17.2 Å². The third kappa shape index (κ3) is 15.1. The largest absolute Gasteiger partial charge is 0.368 e. The zero-order chi connectivity index (χ0) is 70.2. The smallest absolute Gasteiger partial charge is 0.317 e. The first-order valence-corrected chi connectivity index (χ1v) is 31.4. The molecule has 10 heterocycles. The maximum atomic E-state index is 15.0. The quantitative estimate of drug-likeness (QED) is 0.0445. The molecule has 0 fully saturated rings. The van der Waals surface area contributed by atoms with E-state index in [9.17, 15) is 35.9 Å². The maximum Gasteiger partial charge on any atom is 0.317 e. The fourth-order valence-electron chi connectivity index (χ4n) is 11.4. The lowest BCUT2D eigenvalue weighted by atomic mass is 10.1. The molecule has 3 aliphatic heterocycles. The van der Waals surface area contributed by atoms with E-state index in [0.29, 0.717) is 86.8 Å². The van der Waals surface area contributed by atoms with Gasteiger partial charge in [0.05, 0.1) is 71.3 Å². The predicted molar refractivity (Wildman–Crippen MR) is 358 cm³/mol. The highest BCUT2D eigenvalue weighted by Crippen LogP contribution is 2.33. The number of nitrogen functional groups attached to an aromatic ring is 1. The number of aryl methyl sites for hydroxylation is 2. The number of carbonyl (C=O) groups excluding carboxylic acids is 2. The van der Waals surface area contributed by atoms with Gasteiger partial charge < -0.3 is 39.8 Å². The highest BCUT2D eigenvalue weighted by Gasteiger charge is 2.31. The van der Waals surface area contributed by atoms with Crippen LogP contribution in [0.4, 0.5) is 44.1 Å². The monoisotopic (exact) mass is 1370 g/mol. The average Bonchev–Trinajstić information content (AvgIpc) is 1.69. The van der Waals surface area contributed by atoms with E-state index in [-0.39, 0.29) is 91.7 Å². The van der Waals surface area contributed by atoms with Crippen molar-refractivity contribution in [3.8, 4) is 33.8 Å². The number of nitrogens with zero attached hydrogens (tertiary/aromatic N) is 18. The van der Waals surface area contributed by atoms with Crippen molar-refractivity contribution in [2.24, 2.45) is 4.99 Å². The number of nitrogens with one attached hydrogen (secondary N) is 1. The molecule has 0 saturated carbocycles. The molecule has 0 bridgehead atoms. The van der Waals surface area contributed by atoms with E-state index in [4.69, 9.17) is 28.9 Å². The van der Waals surface area contributed by atoms with E-state index in [1.807, 2.05) is 90.7 Å². The summed E-state index contributed by atoms with van der Waals surface area (Å²) in [6.45, 7) is 23.1. The lowest BCUT2D eigenvalue weighted by molar-refractivity contribution is 0.0760. The Morgan fingerprint density at radius 2 is 1.06 bits per heavy atom. The molecule has 3 N–H and O–H groups in total. The lowest BCUT2D eigenvalue weighted by Crippen LogP contribution is -2.38. The molecule has 0 aliphatic carbocycles. The van der Waals surface area contributed by atoms with Crippen LogP contribution >= 0.6 is 23.2 Å². The SMILES string of the molecule is C=C1N=c2c(F)cc(-c3nc(N)ncc3F)cc2=[N+]1C(C)C.CN(C)CCN1Cc2nc(Cl)ccc2C1=O.Cc1nc2c(F)cc(-c3nc(Cl)ncc3F)cc2n1C(C)C.Cc1nc2c(F)cc(-c3nc(Nc4ccc5c(n4)CN(CCN(C)C)C5=O)ncc3F)cc2n1C(C)C. The molecule has 0 unspecified atom stereocenters. The van der Waals surface area contributed by atoms with Crippen molar-refractivity contribution in [3.63, 3.8) is 0 Å². The molecule has 7 aromatic heterocycles. The van der Waals surface area contributed by atoms with Crippen molar-refractivity contribution in [3.05, 3.63) is 182 Å². The van der Waals surface area contributed by atoms with Gasteiger partial charge in [0.1, 0.15) is 50.7 Å². The van der Waals surface area contributed by atoms with Crippen molar-refractivity contribution in [2.75, 3.05) is 65.4 Å². The Hall–Kier alpha value is -9.90. The van der Waals surface area contributed by atoms with Gasteiger partial charge in [-0.25, -0.2) is 80.8 Å². The number of halogens is 8. The number of fused-ring (bicyclic) bond motifs is 5. The maximum absolute atomic E-state index is 15.0. The van der Waals surface area contributed by atoms with Gasteiger partial charge in [-0.3, -0.25) is 9.59 Å². The van der Waals surface area contributed by atoms with Crippen LogP contribution in [0.1, 0.15) is 97.4 Å². The van der Waals surface area contributed by atoms with E-state index >= 15 is 0 Å². The van der Waals surface area contributed by atoms with Crippen LogP contribution in [0.5, 0.6) is 0 Å². The molecule has 504 valence electrons. The molecule has 3 aromatic carbocycles. The third-order valence-corrected chi connectivity index (χ3v) is 16.2. The summed E-state index contributed by atoms with van der Waals surface area (Å²) in [5.74, 6) is -1.37. The van der Waals surface area contributed by atoms with Gasteiger partial charge in [0.25, 0.3) is 17.2 Å². The minimum absolute atomic E-state index is 0.0324. The van der Waals surface area contributed by atoms with E-state index in [1.54, 1.807) is 63.8 Å². The molecular weight excluding hydrogens is 1300 g/mol. The normalized spacial score (nSPS) is 13.2. The zero-order valence-corrected chi connectivity index (χ0v) is 56.7. The van der Waals surface area contributed by atoms with Crippen LogP contribution in [0, 0.1) is 48.8 Å². The second kappa shape index (κ2) is 28.8. The number of rotatable bonds is 14. The Morgan fingerprint density at radius 3 is 1.59 bits per heavy atom. The van der Waals surface area contributed by atoms with Crippen LogP contribution in [0.3, 0.4) is 0 Å². The Morgan fingerprint density at radius 1 is 0.588 bits per heavy atom. The first-order chi connectivity index (χ1) is 46.0. The van der Waals surface area contributed by atoms with Crippen molar-refractivity contribution in [2.45, 2.75) is 86.6 Å². The van der Waals surface area contributed by atoms with Gasteiger partial charge in [-0.05, 0) is 167 Å². The molecule has 0 atom stereocenters. The standard InChI is InChI=1S/C26H28F2N8O.C15H13ClF2N4.C15H14F2N5.C11H14ClN3O/c1-14(2)36-15(3)30-24-18(27)10-16(11-21(24)36)23-19(28)12-29-26(33-23)32-22-7-6-17-20(31-22)13-35(25(17)37)9-8-34(4)5;1-7(2)22-8(3)20-14-10(17)4-9(5-12(14)22)13-11(18)6-19-15(16)21-13;1-7(2)22-8(3)20-14-10(16)4-9(5-12(14)22)13-11(17)6-19-15(18)21-13;1-14(2)5-6-15-7-9-8(11(15)16)3-4-10(12)13-9/h6-7,10-12,14H,8-9,13H2,1-5H3,(H,29,31,32,33);4-7H,1-3H3;4-7H,3H2,1-2H3,(H2,18,19,21);3-4H,5-7H2,1-2H3/q;;+1;. The number of imidazole rings is 2. The number of nitrogens with two attached hydrogens (primary N) is 1. The Balaban J connectivity index is 0.000000148. The number of carbonyl (C=O) groups is 2. The van der Waals surface area contributed by atoms with Crippen molar-refractivity contribution in [1.29, 1.82) is 0 Å². The number of likely N-dealkylation sites (N-methyl/N-ethyl adjacent to an activating group) is 2. The van der Waals surface area contributed by atoms with Gasteiger partial charge >= 0.3 is 5.82 Å². The number of pyridine rings is 2. The molecule has 0 spiro atoms. The Kier molecular flexibility index (Phi) is 20.8. The minimum atomic E-state index is -0.680. The van der Waals surface area contributed by atoms with Crippen molar-refractivity contribution < 1.29 is 35.9 Å². The fraction of sp³-hybridized carbons (Fsp3) is 0.313. The summed E-state index contributed by atoms with van der Waals surface area (Å²) < 4.78 is 91.9. The van der Waals surface area contributed by atoms with Crippen molar-refractivity contribution in [1.82, 2.24) is 83.1 Å². The van der Waals surface area contributed by atoms with Crippen LogP contribution in [0.15, 0.2) is 96.6 Å². The predicted octanol–water partition coefficient (Wildman–Crippen LogP) is 10.9. The van der Waals surface area contributed by atoms with E-state index < -0.39 is 34.9 Å². The van der Waals surface area contributed by atoms with Crippen LogP contribution in [0.2, 0.25) is 10.4 Å². The van der Waals surface area contributed by atoms with Crippen molar-refractivity contribution >= 4 is 74.8 Å². The molecule has 13 rings (SSSR count). The van der Waals surface area contributed by atoms with Gasteiger partial charge in [0, 0.05) is 55.0 Å². The molecule has 2 amide bonds. The molecule has 3 aliphatic rings. The molecule has 10 aromatic rings. The number of hydrogen-bond acceptors (Lipinski definition) is 17. The summed E-state index contributed by atoms with van der Waals surface area (Å²) >= 11 is 11.5. The Bertz CT molecular complexity index is 4890. The first-order valence-electron chi connectivity index (χ1n) is 30.7. The van der Waals surface area contributed by atoms with Gasteiger partial charge in [0.15, 0.2) is 40.3 Å².